The van der Waals surface area contributed by atoms with Crippen LogP contribution < -0.4 is 15.0 Å². The summed E-state index contributed by atoms with van der Waals surface area (Å²) in [6, 6.07) is 3.80. The first-order valence-corrected chi connectivity index (χ1v) is 9.80. The summed E-state index contributed by atoms with van der Waals surface area (Å²) in [5, 5.41) is 2.85. The average molecular weight is 358 g/mol. The molecule has 0 unspecified atom stereocenters. The van der Waals surface area contributed by atoms with Crippen molar-refractivity contribution in [2.45, 2.75) is 52.4 Å². The summed E-state index contributed by atoms with van der Waals surface area (Å²) in [5.41, 5.74) is 1.68. The first-order chi connectivity index (χ1) is 12.7. The lowest BCUT2D eigenvalue weighted by atomic mass is 9.90. The van der Waals surface area contributed by atoms with Crippen molar-refractivity contribution in [3.63, 3.8) is 0 Å². The quantitative estimate of drug-likeness (QED) is 0.848. The molecule has 0 bridgehead atoms. The Morgan fingerprint density at radius 1 is 1.35 bits per heavy atom. The van der Waals surface area contributed by atoms with E-state index in [1.807, 2.05) is 29.7 Å². The van der Waals surface area contributed by atoms with Crippen molar-refractivity contribution in [1.82, 2.24) is 14.7 Å². The van der Waals surface area contributed by atoms with Crippen LogP contribution in [0.4, 0.5) is 10.6 Å². The van der Waals surface area contributed by atoms with Gasteiger partial charge in [-0.25, -0.2) is 9.78 Å². The molecule has 3 rings (SSSR count). The number of urea groups is 1. The Labute approximate surface area is 155 Å². The molecule has 0 atom stereocenters. The van der Waals surface area contributed by atoms with E-state index in [4.69, 9.17) is 9.72 Å². The molecule has 1 fully saturated rings. The van der Waals surface area contributed by atoms with E-state index in [0.717, 1.165) is 35.9 Å². The lowest BCUT2D eigenvalue weighted by Gasteiger charge is -2.22. The van der Waals surface area contributed by atoms with E-state index in [0.29, 0.717) is 12.5 Å². The highest BCUT2D eigenvalue weighted by Gasteiger charge is 2.22. The number of rotatable bonds is 6. The van der Waals surface area contributed by atoms with Crippen LogP contribution in [0.5, 0.6) is 5.75 Å². The Kier molecular flexibility index (Phi) is 6.01. The van der Waals surface area contributed by atoms with E-state index in [-0.39, 0.29) is 6.03 Å². The molecule has 1 N–H and O–H groups in total. The van der Waals surface area contributed by atoms with Crippen molar-refractivity contribution in [2.24, 2.45) is 5.92 Å². The fraction of sp³-hybridized carbons (Fsp3) is 0.600. The largest absolute Gasteiger partial charge is 0.489 e. The number of hydrogen-bond donors (Lipinski definition) is 1. The van der Waals surface area contributed by atoms with Crippen molar-refractivity contribution in [3.05, 3.63) is 24.0 Å². The van der Waals surface area contributed by atoms with Gasteiger partial charge in [0.05, 0.1) is 12.3 Å². The molecule has 2 aromatic rings. The molecule has 0 aromatic carbocycles. The number of ether oxygens (including phenoxy) is 1. The average Bonchev–Trinajstić information content (AvgIpc) is 3.06. The molecular weight excluding hydrogens is 328 g/mol. The highest BCUT2D eigenvalue weighted by atomic mass is 16.5. The number of anilines is 1. The van der Waals surface area contributed by atoms with Crippen LogP contribution >= 0.6 is 0 Å². The van der Waals surface area contributed by atoms with Gasteiger partial charge >= 0.3 is 6.03 Å². The number of pyridine rings is 1. The van der Waals surface area contributed by atoms with Crippen LogP contribution in [0.15, 0.2) is 18.3 Å². The number of carbonyl (C=O) groups is 1. The number of aromatic nitrogens is 2. The Bertz CT molecular complexity index is 750. The highest BCUT2D eigenvalue weighted by molar-refractivity contribution is 5.91. The van der Waals surface area contributed by atoms with Crippen LogP contribution in [0.3, 0.4) is 0 Å². The van der Waals surface area contributed by atoms with Gasteiger partial charge in [-0.1, -0.05) is 26.2 Å². The summed E-state index contributed by atoms with van der Waals surface area (Å²) in [5.74, 6) is 2.24. The normalized spacial score (nSPS) is 15.2. The van der Waals surface area contributed by atoms with E-state index in [2.05, 4.69) is 12.2 Å². The predicted octanol–water partition coefficient (Wildman–Crippen LogP) is 4.02. The zero-order chi connectivity index (χ0) is 18.5. The Balaban J connectivity index is 1.88. The second-order valence-electron chi connectivity index (χ2n) is 7.01. The second-order valence-corrected chi connectivity index (χ2v) is 7.01. The van der Waals surface area contributed by atoms with Gasteiger partial charge in [-0.2, -0.15) is 0 Å². The van der Waals surface area contributed by atoms with E-state index >= 15 is 0 Å². The molecule has 0 radical (unpaired) electrons. The number of carbonyl (C=O) groups excluding carboxylic acids is 1. The van der Waals surface area contributed by atoms with Gasteiger partial charge in [0.2, 0.25) is 0 Å². The van der Waals surface area contributed by atoms with Gasteiger partial charge in [0.15, 0.2) is 11.4 Å². The van der Waals surface area contributed by atoms with Gasteiger partial charge < -0.3 is 10.1 Å². The number of imidazole rings is 1. The number of nitrogens with zero attached hydrogens (tertiary/aromatic N) is 3. The van der Waals surface area contributed by atoms with Crippen molar-refractivity contribution in [2.75, 3.05) is 25.1 Å². The smallest absolute Gasteiger partial charge is 0.322 e. The monoisotopic (exact) mass is 358 g/mol. The topological polar surface area (TPSA) is 58.9 Å². The number of aryl methyl sites for hydroxylation is 1. The van der Waals surface area contributed by atoms with Crippen molar-refractivity contribution >= 4 is 17.5 Å². The zero-order valence-electron chi connectivity index (χ0n) is 16.1. The number of hydrogen-bond acceptors (Lipinski definition) is 3. The molecule has 0 aliphatic heterocycles. The molecule has 142 valence electrons. The fourth-order valence-corrected chi connectivity index (χ4v) is 3.71. The first-order valence-electron chi connectivity index (χ1n) is 9.80. The fourth-order valence-electron chi connectivity index (χ4n) is 3.71. The maximum absolute atomic E-state index is 12.3. The Morgan fingerprint density at radius 3 is 2.81 bits per heavy atom. The second kappa shape index (κ2) is 8.43. The number of fused-ring (bicyclic) bond motifs is 1. The maximum Gasteiger partial charge on any atom is 0.322 e. The molecule has 1 aliphatic rings. The minimum absolute atomic E-state index is 0.127. The molecule has 0 saturated heterocycles. The summed E-state index contributed by atoms with van der Waals surface area (Å²) < 4.78 is 8.12. The van der Waals surface area contributed by atoms with E-state index in [1.165, 1.54) is 32.1 Å². The van der Waals surface area contributed by atoms with Gasteiger partial charge in [0.25, 0.3) is 0 Å². The summed E-state index contributed by atoms with van der Waals surface area (Å²) in [7, 11) is 1.78. The lowest BCUT2D eigenvalue weighted by Crippen LogP contribution is -2.38. The molecule has 6 heteroatoms. The number of nitrogens with one attached hydrogen (secondary N) is 1. The molecule has 2 heterocycles. The third-order valence-corrected chi connectivity index (χ3v) is 5.14. The van der Waals surface area contributed by atoms with Gasteiger partial charge in [-0.05, 0) is 44.2 Å². The van der Waals surface area contributed by atoms with E-state index in [1.54, 1.807) is 11.9 Å². The van der Waals surface area contributed by atoms with E-state index < -0.39 is 0 Å². The summed E-state index contributed by atoms with van der Waals surface area (Å²) in [6.07, 6.45) is 9.17. The Hall–Kier alpha value is -2.24. The zero-order valence-corrected chi connectivity index (χ0v) is 16.1. The number of amides is 2. The van der Waals surface area contributed by atoms with Crippen LogP contribution in [0.1, 0.15) is 51.6 Å². The maximum atomic E-state index is 12.3. The van der Waals surface area contributed by atoms with Crippen LogP contribution in [-0.4, -0.2) is 35.6 Å². The first kappa shape index (κ1) is 18.5. The van der Waals surface area contributed by atoms with Crippen LogP contribution in [0, 0.1) is 5.92 Å². The third-order valence-electron chi connectivity index (χ3n) is 5.14. The standard InChI is InChI=1S/C20H30N4O2/c1-4-16-19(23(3)20(25)21-5-2)24-13-9-12-17(18(24)22-16)26-14-15-10-7-6-8-11-15/h9,12-13,15H,4-8,10-11,14H2,1-3H3,(H,21,25). The minimum Gasteiger partial charge on any atom is -0.489 e. The Morgan fingerprint density at radius 2 is 2.12 bits per heavy atom. The van der Waals surface area contributed by atoms with Crippen LogP contribution in [-0.2, 0) is 6.42 Å². The molecule has 2 amide bonds. The molecule has 26 heavy (non-hydrogen) atoms. The van der Waals surface area contributed by atoms with Crippen LogP contribution in [0.25, 0.3) is 5.65 Å². The minimum atomic E-state index is -0.127. The molecule has 2 aromatic heterocycles. The van der Waals surface area contributed by atoms with Gasteiger partial charge in [0, 0.05) is 19.8 Å². The summed E-state index contributed by atoms with van der Waals surface area (Å²) >= 11 is 0. The van der Waals surface area contributed by atoms with Crippen molar-refractivity contribution in [3.8, 4) is 5.75 Å². The van der Waals surface area contributed by atoms with Crippen molar-refractivity contribution in [1.29, 1.82) is 0 Å². The summed E-state index contributed by atoms with van der Waals surface area (Å²) in [6.45, 7) is 5.31. The van der Waals surface area contributed by atoms with E-state index in [9.17, 15) is 4.79 Å². The molecule has 1 aliphatic carbocycles. The van der Waals surface area contributed by atoms with Gasteiger partial charge in [-0.3, -0.25) is 9.30 Å². The highest BCUT2D eigenvalue weighted by Crippen LogP contribution is 2.30. The predicted molar refractivity (Wildman–Crippen MR) is 104 cm³/mol. The SMILES string of the molecule is CCNC(=O)N(C)c1c(CC)nc2c(OCC3CCCCC3)cccn12. The third kappa shape index (κ3) is 3.79. The molecular formula is C20H30N4O2. The molecule has 1 saturated carbocycles. The summed E-state index contributed by atoms with van der Waals surface area (Å²) in [4.78, 5) is 18.7. The lowest BCUT2D eigenvalue weighted by molar-refractivity contribution is 0.210. The van der Waals surface area contributed by atoms with Gasteiger partial charge in [0.1, 0.15) is 5.82 Å². The van der Waals surface area contributed by atoms with Gasteiger partial charge in [-0.15, -0.1) is 0 Å². The molecule has 0 spiro atoms. The molecule has 6 nitrogen and oxygen atoms in total. The van der Waals surface area contributed by atoms with Crippen molar-refractivity contribution < 1.29 is 9.53 Å². The van der Waals surface area contributed by atoms with Crippen LogP contribution in [0.2, 0.25) is 0 Å².